The van der Waals surface area contributed by atoms with Gasteiger partial charge in [-0.3, -0.25) is 4.79 Å². The number of benzene rings is 1. The van der Waals surface area contributed by atoms with E-state index in [2.05, 4.69) is 15.5 Å². The van der Waals surface area contributed by atoms with Crippen LogP contribution in [0.4, 0.5) is 5.00 Å². The zero-order chi connectivity index (χ0) is 26.5. The van der Waals surface area contributed by atoms with E-state index in [0.29, 0.717) is 32.3 Å². The third-order valence-corrected chi connectivity index (χ3v) is 8.97. The molecule has 0 radical (unpaired) electrons. The van der Waals surface area contributed by atoms with Gasteiger partial charge >= 0.3 is 5.97 Å². The van der Waals surface area contributed by atoms with E-state index in [1.54, 1.807) is 6.07 Å². The minimum absolute atomic E-state index is 0.126. The lowest BCUT2D eigenvalue weighted by molar-refractivity contribution is -0.113. The van der Waals surface area contributed by atoms with Crippen molar-refractivity contribution in [2.75, 3.05) is 18.2 Å². The lowest BCUT2D eigenvalue weighted by atomic mass is 9.96. The number of carbonyl (C=O) groups excluding carboxylic acids is 2. The number of nitrogens with one attached hydrogen (secondary N) is 1. The molecule has 0 saturated heterocycles. The lowest BCUT2D eigenvalue weighted by Gasteiger charge is -2.15. The Hall–Kier alpha value is -2.56. The summed E-state index contributed by atoms with van der Waals surface area (Å²) in [7, 11) is 3.22. The highest BCUT2D eigenvalue weighted by Gasteiger charge is 2.26. The quantitative estimate of drug-likeness (QED) is 0.260. The molecule has 8 nitrogen and oxygen atoms in total. The van der Waals surface area contributed by atoms with Crippen LogP contribution in [0, 0.1) is 6.92 Å². The molecule has 198 valence electrons. The molecule has 1 atom stereocenters. The summed E-state index contributed by atoms with van der Waals surface area (Å²) in [6, 6.07) is 5.49. The zero-order valence-electron chi connectivity index (χ0n) is 21.4. The number of fused-ring (bicyclic) bond motifs is 1. The van der Waals surface area contributed by atoms with Crippen LogP contribution < -0.4 is 10.1 Å². The molecule has 1 unspecified atom stereocenters. The van der Waals surface area contributed by atoms with Crippen LogP contribution in [-0.4, -0.2) is 39.5 Å². The van der Waals surface area contributed by atoms with E-state index in [-0.39, 0.29) is 17.8 Å². The number of aryl methyl sites for hydroxylation is 2. The van der Waals surface area contributed by atoms with E-state index in [4.69, 9.17) is 21.1 Å². The largest absolute Gasteiger partial charge is 0.483 e. The molecule has 4 rings (SSSR count). The molecule has 37 heavy (non-hydrogen) atoms. The third kappa shape index (κ3) is 6.48. The lowest BCUT2D eigenvalue weighted by Crippen LogP contribution is -2.17. The van der Waals surface area contributed by atoms with Gasteiger partial charge in [0.15, 0.2) is 17.1 Å². The van der Waals surface area contributed by atoms with Crippen LogP contribution >= 0.6 is 34.7 Å². The highest BCUT2D eigenvalue weighted by molar-refractivity contribution is 7.99. The van der Waals surface area contributed by atoms with Crippen LogP contribution in [0.1, 0.15) is 70.9 Å². The molecule has 0 bridgehead atoms. The minimum atomic E-state index is -0.399. The maximum atomic E-state index is 12.9. The number of thioether (sulfide) groups is 1. The number of anilines is 1. The topological polar surface area (TPSA) is 95.3 Å². The molecular formula is C26H31ClN4O4S2. The average molecular weight is 563 g/mol. The smallest absolute Gasteiger partial charge is 0.341 e. The number of thiophene rings is 1. The zero-order valence-corrected chi connectivity index (χ0v) is 23.8. The number of nitrogens with zero attached hydrogens (tertiary/aromatic N) is 3. The van der Waals surface area contributed by atoms with Crippen LogP contribution in [0.5, 0.6) is 5.75 Å². The van der Waals surface area contributed by atoms with Crippen LogP contribution in [0.2, 0.25) is 5.02 Å². The van der Waals surface area contributed by atoms with E-state index in [1.807, 2.05) is 37.6 Å². The van der Waals surface area contributed by atoms with E-state index >= 15 is 0 Å². The Morgan fingerprint density at radius 3 is 2.70 bits per heavy atom. The minimum Gasteiger partial charge on any atom is -0.483 e. The molecule has 0 fully saturated rings. The van der Waals surface area contributed by atoms with E-state index in [9.17, 15) is 9.59 Å². The molecule has 3 aromatic rings. The Balaban J connectivity index is 1.41. The van der Waals surface area contributed by atoms with Gasteiger partial charge in [0, 0.05) is 16.9 Å². The maximum Gasteiger partial charge on any atom is 0.341 e. The van der Waals surface area contributed by atoms with Crippen molar-refractivity contribution in [2.24, 2.45) is 7.05 Å². The van der Waals surface area contributed by atoms with Gasteiger partial charge in [-0.05, 0) is 68.9 Å². The SMILES string of the molecule is COC(=O)c1c(NC(=O)CSc2nnc(C(C)Oc3ccc(Cl)c(C)c3)n2C)sc2c1CCCCCC2. The Morgan fingerprint density at radius 1 is 1.22 bits per heavy atom. The van der Waals surface area contributed by atoms with Crippen molar-refractivity contribution in [3.05, 3.63) is 50.6 Å². The van der Waals surface area contributed by atoms with Crippen molar-refractivity contribution in [3.63, 3.8) is 0 Å². The summed E-state index contributed by atoms with van der Waals surface area (Å²) in [5, 5.41) is 13.3. The summed E-state index contributed by atoms with van der Waals surface area (Å²) in [5.41, 5.74) is 2.47. The Morgan fingerprint density at radius 2 is 1.97 bits per heavy atom. The summed E-state index contributed by atoms with van der Waals surface area (Å²) in [4.78, 5) is 26.6. The first-order valence-corrected chi connectivity index (χ1v) is 14.4. The maximum absolute atomic E-state index is 12.9. The fraction of sp³-hybridized carbons (Fsp3) is 0.462. The normalized spacial score (nSPS) is 14.3. The van der Waals surface area contributed by atoms with Crippen molar-refractivity contribution in [3.8, 4) is 5.75 Å². The van der Waals surface area contributed by atoms with Crippen LogP contribution in [0.25, 0.3) is 0 Å². The van der Waals surface area contributed by atoms with Crippen LogP contribution in [-0.2, 0) is 29.4 Å². The van der Waals surface area contributed by atoms with Crippen molar-refractivity contribution in [2.45, 2.75) is 63.6 Å². The fourth-order valence-electron chi connectivity index (χ4n) is 4.37. The first-order valence-electron chi connectivity index (χ1n) is 12.3. The monoisotopic (exact) mass is 562 g/mol. The summed E-state index contributed by atoms with van der Waals surface area (Å²) in [6.45, 7) is 3.82. The van der Waals surface area contributed by atoms with E-state index < -0.39 is 5.97 Å². The molecule has 2 aromatic heterocycles. The molecule has 1 amide bonds. The first-order chi connectivity index (χ1) is 17.8. The van der Waals surface area contributed by atoms with Gasteiger partial charge in [0.2, 0.25) is 5.91 Å². The molecule has 1 N–H and O–H groups in total. The number of hydrogen-bond donors (Lipinski definition) is 1. The van der Waals surface area contributed by atoms with Crippen molar-refractivity contribution < 1.29 is 19.1 Å². The summed E-state index contributed by atoms with van der Waals surface area (Å²) in [5.74, 6) is 0.846. The Bertz CT molecular complexity index is 1290. The molecule has 0 spiro atoms. The number of rotatable bonds is 8. The van der Waals surface area contributed by atoms with Gasteiger partial charge in [-0.25, -0.2) is 4.79 Å². The average Bonchev–Trinajstić information content (AvgIpc) is 3.38. The number of esters is 1. The van der Waals surface area contributed by atoms with Gasteiger partial charge < -0.3 is 19.4 Å². The van der Waals surface area contributed by atoms with E-state index in [1.165, 1.54) is 41.5 Å². The summed E-state index contributed by atoms with van der Waals surface area (Å²) in [6.07, 6.45) is 5.86. The fourth-order valence-corrected chi connectivity index (χ4v) is 6.50. The highest BCUT2D eigenvalue weighted by atomic mass is 35.5. The van der Waals surface area contributed by atoms with E-state index in [0.717, 1.165) is 43.2 Å². The van der Waals surface area contributed by atoms with Gasteiger partial charge in [0.25, 0.3) is 0 Å². The van der Waals surface area contributed by atoms with Crippen LogP contribution in [0.3, 0.4) is 0 Å². The second-order valence-electron chi connectivity index (χ2n) is 9.02. The van der Waals surface area contributed by atoms with Gasteiger partial charge in [-0.15, -0.1) is 21.5 Å². The number of amides is 1. The Labute approximate surface area is 230 Å². The summed E-state index contributed by atoms with van der Waals surface area (Å²) >= 11 is 8.88. The molecule has 11 heteroatoms. The standard InChI is InChI=1S/C26H31ClN4O4S2/c1-15-13-17(11-12-19(15)27)35-16(2)23-29-30-26(31(23)3)36-14-21(32)28-24-22(25(33)34-4)18-9-7-5-6-8-10-20(18)37-24/h11-13,16H,5-10,14H2,1-4H3,(H,28,32). The van der Waals surface area contributed by atoms with Gasteiger partial charge in [-0.2, -0.15) is 0 Å². The second-order valence-corrected chi connectivity index (χ2v) is 11.5. The number of aromatic nitrogens is 3. The van der Waals surface area contributed by atoms with Gasteiger partial charge in [0.1, 0.15) is 10.8 Å². The van der Waals surface area contributed by atoms with Gasteiger partial charge in [0.05, 0.1) is 18.4 Å². The third-order valence-electron chi connectivity index (χ3n) is 6.32. The predicted octanol–water partition coefficient (Wildman–Crippen LogP) is 6.15. The predicted molar refractivity (Wildman–Crippen MR) is 147 cm³/mol. The van der Waals surface area contributed by atoms with Crippen molar-refractivity contribution in [1.29, 1.82) is 0 Å². The number of ether oxygens (including phenoxy) is 2. The molecule has 1 aliphatic rings. The number of carbonyl (C=O) groups is 2. The number of hydrogen-bond acceptors (Lipinski definition) is 8. The van der Waals surface area contributed by atoms with Crippen LogP contribution in [0.15, 0.2) is 23.4 Å². The highest BCUT2D eigenvalue weighted by Crippen LogP contribution is 2.37. The molecule has 0 saturated carbocycles. The number of halogens is 1. The van der Waals surface area contributed by atoms with Crippen molar-refractivity contribution in [1.82, 2.24) is 14.8 Å². The van der Waals surface area contributed by atoms with Gasteiger partial charge in [-0.1, -0.05) is 36.2 Å². The molecule has 0 aliphatic heterocycles. The summed E-state index contributed by atoms with van der Waals surface area (Å²) < 4.78 is 12.9. The second kappa shape index (κ2) is 12.3. The molecule has 1 aliphatic carbocycles. The Kier molecular flexibility index (Phi) is 9.15. The number of methoxy groups -OCH3 is 1. The molecule has 2 heterocycles. The van der Waals surface area contributed by atoms with Crippen molar-refractivity contribution >= 4 is 51.6 Å². The molecular weight excluding hydrogens is 532 g/mol. The molecule has 1 aromatic carbocycles. The first kappa shape index (κ1) is 27.5.